The highest BCUT2D eigenvalue weighted by molar-refractivity contribution is 6.30. The molecule has 0 unspecified atom stereocenters. The molecule has 0 spiro atoms. The molecule has 0 aliphatic heterocycles. The second kappa shape index (κ2) is 5.22. The second-order valence-corrected chi connectivity index (χ2v) is 5.02. The van der Waals surface area contributed by atoms with E-state index in [1.807, 2.05) is 31.2 Å². The number of nitrogens with zero attached hydrogens (tertiary/aromatic N) is 1. The predicted octanol–water partition coefficient (Wildman–Crippen LogP) is 3.00. The van der Waals surface area contributed by atoms with Gasteiger partial charge in [0.1, 0.15) is 5.15 Å². The molecule has 0 aliphatic carbocycles. The molecule has 0 radical (unpaired) electrons. The van der Waals surface area contributed by atoms with Crippen molar-refractivity contribution in [2.45, 2.75) is 32.5 Å². The summed E-state index contributed by atoms with van der Waals surface area (Å²) >= 11 is 6.08. The summed E-state index contributed by atoms with van der Waals surface area (Å²) in [6, 6.07) is 7.72. The zero-order chi connectivity index (χ0) is 13.3. The molecular weight excluding hydrogens is 250 g/mol. The van der Waals surface area contributed by atoms with Gasteiger partial charge in [0.15, 0.2) is 0 Å². The van der Waals surface area contributed by atoms with Gasteiger partial charge in [0, 0.05) is 17.4 Å². The molecule has 3 nitrogen and oxygen atoms in total. The molecule has 0 aliphatic rings. The number of aromatic nitrogens is 1. The van der Waals surface area contributed by atoms with Gasteiger partial charge in [0.2, 0.25) is 0 Å². The van der Waals surface area contributed by atoms with Crippen LogP contribution in [0.3, 0.4) is 0 Å². The average Bonchev–Trinajstić information content (AvgIpc) is 2.26. The molecule has 0 saturated carbocycles. The number of rotatable bonds is 3. The van der Waals surface area contributed by atoms with Crippen LogP contribution in [0.25, 0.3) is 10.9 Å². The Morgan fingerprint density at radius 1 is 1.28 bits per heavy atom. The number of aryl methyl sites for hydroxylation is 1. The fraction of sp³-hybridized carbons (Fsp3) is 0.357. The van der Waals surface area contributed by atoms with E-state index in [9.17, 15) is 10.2 Å². The third-order valence-corrected chi connectivity index (χ3v) is 3.18. The molecule has 1 heterocycles. The Morgan fingerprint density at radius 2 is 2.00 bits per heavy atom. The zero-order valence-electron chi connectivity index (χ0n) is 10.4. The quantitative estimate of drug-likeness (QED) is 0.839. The largest absolute Gasteiger partial charge is 0.393 e. The van der Waals surface area contributed by atoms with Gasteiger partial charge >= 0.3 is 0 Å². The van der Waals surface area contributed by atoms with E-state index in [4.69, 9.17) is 11.6 Å². The molecule has 96 valence electrons. The summed E-state index contributed by atoms with van der Waals surface area (Å²) < 4.78 is 0. The highest BCUT2D eigenvalue weighted by Crippen LogP contribution is 2.28. The SMILES string of the molecule is Cc1ccc2cc([C@@H](O)C[C@@H](C)O)c(Cl)nc2c1. The first-order valence-corrected chi connectivity index (χ1v) is 6.28. The molecule has 2 aromatic rings. The van der Waals surface area contributed by atoms with Crippen molar-refractivity contribution in [2.75, 3.05) is 0 Å². The summed E-state index contributed by atoms with van der Waals surface area (Å²) in [6.07, 6.45) is -1.13. The second-order valence-electron chi connectivity index (χ2n) is 4.67. The first-order chi connectivity index (χ1) is 8.47. The van der Waals surface area contributed by atoms with Gasteiger partial charge in [-0.3, -0.25) is 0 Å². The van der Waals surface area contributed by atoms with E-state index in [-0.39, 0.29) is 6.42 Å². The van der Waals surface area contributed by atoms with E-state index in [1.165, 1.54) is 0 Å². The van der Waals surface area contributed by atoms with Gasteiger partial charge in [0.25, 0.3) is 0 Å². The van der Waals surface area contributed by atoms with Crippen LogP contribution in [-0.2, 0) is 0 Å². The van der Waals surface area contributed by atoms with Crippen molar-refractivity contribution in [1.82, 2.24) is 4.98 Å². The number of fused-ring (bicyclic) bond motifs is 1. The topological polar surface area (TPSA) is 53.4 Å². The Bertz CT molecular complexity index is 569. The summed E-state index contributed by atoms with van der Waals surface area (Å²) in [7, 11) is 0. The van der Waals surface area contributed by atoms with E-state index >= 15 is 0 Å². The first kappa shape index (κ1) is 13.3. The summed E-state index contributed by atoms with van der Waals surface area (Å²) in [5, 5.41) is 20.5. The normalized spacial score (nSPS) is 14.7. The number of aliphatic hydroxyl groups excluding tert-OH is 2. The molecule has 2 rings (SSSR count). The van der Waals surface area contributed by atoms with Gasteiger partial charge in [-0.2, -0.15) is 0 Å². The van der Waals surface area contributed by atoms with Crippen LogP contribution in [0.15, 0.2) is 24.3 Å². The molecule has 18 heavy (non-hydrogen) atoms. The number of aliphatic hydroxyl groups is 2. The third-order valence-electron chi connectivity index (χ3n) is 2.88. The molecule has 0 saturated heterocycles. The molecule has 1 aromatic heterocycles. The van der Waals surface area contributed by atoms with Crippen LogP contribution in [0.5, 0.6) is 0 Å². The Morgan fingerprint density at radius 3 is 2.67 bits per heavy atom. The molecule has 1 aromatic carbocycles. The average molecular weight is 266 g/mol. The predicted molar refractivity (Wildman–Crippen MR) is 72.7 cm³/mol. The Kier molecular flexibility index (Phi) is 3.85. The molecule has 2 atom stereocenters. The number of benzene rings is 1. The smallest absolute Gasteiger partial charge is 0.135 e. The minimum absolute atomic E-state index is 0.249. The summed E-state index contributed by atoms with van der Waals surface area (Å²) in [6.45, 7) is 3.63. The molecule has 4 heteroatoms. The van der Waals surface area contributed by atoms with Crippen molar-refractivity contribution in [1.29, 1.82) is 0 Å². The maximum atomic E-state index is 10.0. The van der Waals surface area contributed by atoms with Crippen LogP contribution in [-0.4, -0.2) is 21.3 Å². The van der Waals surface area contributed by atoms with Gasteiger partial charge in [-0.25, -0.2) is 4.98 Å². The van der Waals surface area contributed by atoms with Crippen molar-refractivity contribution >= 4 is 22.5 Å². The summed E-state index contributed by atoms with van der Waals surface area (Å²) in [4.78, 5) is 4.29. The first-order valence-electron chi connectivity index (χ1n) is 5.90. The summed E-state index contributed by atoms with van der Waals surface area (Å²) in [5.74, 6) is 0. The van der Waals surface area contributed by atoms with Crippen LogP contribution in [0.2, 0.25) is 5.15 Å². The molecule has 0 fully saturated rings. The van der Waals surface area contributed by atoms with Crippen LogP contribution < -0.4 is 0 Å². The van der Waals surface area contributed by atoms with E-state index in [2.05, 4.69) is 4.98 Å². The lowest BCUT2D eigenvalue weighted by Gasteiger charge is -2.14. The van der Waals surface area contributed by atoms with Crippen molar-refractivity contribution in [3.05, 3.63) is 40.5 Å². The Labute approximate surface area is 111 Å². The maximum Gasteiger partial charge on any atom is 0.135 e. The van der Waals surface area contributed by atoms with Gasteiger partial charge in [0.05, 0.1) is 17.7 Å². The van der Waals surface area contributed by atoms with E-state index in [0.717, 1.165) is 16.5 Å². The molecular formula is C14H16ClNO2. The number of halogens is 1. The maximum absolute atomic E-state index is 10.0. The molecule has 0 bridgehead atoms. The third kappa shape index (κ3) is 2.80. The fourth-order valence-corrected chi connectivity index (χ4v) is 2.23. The lowest BCUT2D eigenvalue weighted by atomic mass is 10.0. The van der Waals surface area contributed by atoms with Crippen LogP contribution >= 0.6 is 11.6 Å². The summed E-state index contributed by atoms with van der Waals surface area (Å²) in [5.41, 5.74) is 2.49. The van der Waals surface area contributed by atoms with E-state index < -0.39 is 12.2 Å². The standard InChI is InChI=1S/C14H16ClNO2/c1-8-3-4-10-7-11(13(18)6-9(2)17)14(15)16-12(10)5-8/h3-5,7,9,13,17-18H,6H2,1-2H3/t9-,13+/m1/s1. The van der Waals surface area contributed by atoms with Gasteiger partial charge in [-0.05, 0) is 31.5 Å². The Balaban J connectivity index is 2.46. The van der Waals surface area contributed by atoms with Gasteiger partial charge in [-0.15, -0.1) is 0 Å². The van der Waals surface area contributed by atoms with Gasteiger partial charge < -0.3 is 10.2 Å². The fourth-order valence-electron chi connectivity index (χ4n) is 1.95. The monoisotopic (exact) mass is 265 g/mol. The molecule has 2 N–H and O–H groups in total. The van der Waals surface area contributed by atoms with E-state index in [1.54, 1.807) is 6.92 Å². The van der Waals surface area contributed by atoms with Crippen LogP contribution in [0.4, 0.5) is 0 Å². The highest BCUT2D eigenvalue weighted by atomic mass is 35.5. The lowest BCUT2D eigenvalue weighted by molar-refractivity contribution is 0.0907. The number of hydrogen-bond donors (Lipinski definition) is 2. The van der Waals surface area contributed by atoms with E-state index in [0.29, 0.717) is 10.7 Å². The van der Waals surface area contributed by atoms with Gasteiger partial charge in [-0.1, -0.05) is 23.7 Å². The van der Waals surface area contributed by atoms with Crippen LogP contribution in [0.1, 0.15) is 30.6 Å². The van der Waals surface area contributed by atoms with Crippen molar-refractivity contribution in [2.24, 2.45) is 0 Å². The van der Waals surface area contributed by atoms with Crippen molar-refractivity contribution < 1.29 is 10.2 Å². The Hall–Kier alpha value is -1.16. The number of pyridine rings is 1. The molecule has 0 amide bonds. The highest BCUT2D eigenvalue weighted by Gasteiger charge is 2.16. The zero-order valence-corrected chi connectivity index (χ0v) is 11.1. The minimum Gasteiger partial charge on any atom is -0.393 e. The van der Waals surface area contributed by atoms with Crippen LogP contribution in [0, 0.1) is 6.92 Å². The lowest BCUT2D eigenvalue weighted by Crippen LogP contribution is -2.09. The minimum atomic E-state index is -0.796. The van der Waals surface area contributed by atoms with Crippen molar-refractivity contribution in [3.63, 3.8) is 0 Å². The number of hydrogen-bond acceptors (Lipinski definition) is 3. The van der Waals surface area contributed by atoms with Crippen molar-refractivity contribution in [3.8, 4) is 0 Å².